The van der Waals surface area contributed by atoms with Crippen LogP contribution in [0.25, 0.3) is 33.8 Å². The SMILES string of the molecule is CCCCCCCCC1(C)c2cc(C)ccc2-c2ccc(-c3cccc(-c4cccc(C)n4)n3)cc21. The van der Waals surface area contributed by atoms with Crippen LogP contribution in [0.4, 0.5) is 0 Å². The summed E-state index contributed by atoms with van der Waals surface area (Å²) in [5.74, 6) is 0. The van der Waals surface area contributed by atoms with Crippen LogP contribution in [0.2, 0.25) is 0 Å². The second-order valence-electron chi connectivity index (χ2n) is 10.7. The lowest BCUT2D eigenvalue weighted by Crippen LogP contribution is -2.21. The van der Waals surface area contributed by atoms with Crippen molar-refractivity contribution in [3.8, 4) is 33.8 Å². The summed E-state index contributed by atoms with van der Waals surface area (Å²) in [5, 5.41) is 0. The van der Waals surface area contributed by atoms with Crippen molar-refractivity contribution in [1.82, 2.24) is 9.97 Å². The van der Waals surface area contributed by atoms with Crippen LogP contribution in [-0.2, 0) is 5.41 Å². The highest BCUT2D eigenvalue weighted by Crippen LogP contribution is 2.52. The van der Waals surface area contributed by atoms with Gasteiger partial charge in [-0.3, -0.25) is 4.98 Å². The maximum absolute atomic E-state index is 5.03. The van der Waals surface area contributed by atoms with Crippen LogP contribution in [0.3, 0.4) is 0 Å². The lowest BCUT2D eigenvalue weighted by atomic mass is 9.75. The predicted octanol–water partition coefficient (Wildman–Crippen LogP) is 9.46. The van der Waals surface area contributed by atoms with Crippen LogP contribution < -0.4 is 0 Å². The number of hydrogen-bond acceptors (Lipinski definition) is 2. The molecular formula is C34H38N2. The van der Waals surface area contributed by atoms with Gasteiger partial charge in [0, 0.05) is 16.7 Å². The largest absolute Gasteiger partial charge is 0.251 e. The van der Waals surface area contributed by atoms with Crippen LogP contribution in [0, 0.1) is 13.8 Å². The topological polar surface area (TPSA) is 25.8 Å². The number of aryl methyl sites for hydroxylation is 2. The van der Waals surface area contributed by atoms with Crippen molar-refractivity contribution in [2.24, 2.45) is 0 Å². The molecule has 0 fully saturated rings. The Hall–Kier alpha value is -3.26. The molecule has 0 bridgehead atoms. The molecule has 36 heavy (non-hydrogen) atoms. The molecule has 2 aromatic heterocycles. The zero-order valence-corrected chi connectivity index (χ0v) is 22.3. The first-order chi connectivity index (χ1) is 17.5. The third-order valence-corrected chi connectivity index (χ3v) is 7.90. The van der Waals surface area contributed by atoms with Gasteiger partial charge in [-0.05, 0) is 72.9 Å². The highest BCUT2D eigenvalue weighted by molar-refractivity contribution is 5.83. The van der Waals surface area contributed by atoms with Crippen molar-refractivity contribution in [2.75, 3.05) is 0 Å². The fourth-order valence-corrected chi connectivity index (χ4v) is 5.84. The maximum Gasteiger partial charge on any atom is 0.0893 e. The molecule has 0 saturated carbocycles. The minimum absolute atomic E-state index is 0.0349. The Morgan fingerprint density at radius 2 is 1.28 bits per heavy atom. The molecule has 1 atom stereocenters. The molecular weight excluding hydrogens is 436 g/mol. The summed E-state index contributed by atoms with van der Waals surface area (Å²) in [5.41, 5.74) is 12.2. The Bertz CT molecular complexity index is 1370. The Morgan fingerprint density at radius 1 is 0.639 bits per heavy atom. The summed E-state index contributed by atoms with van der Waals surface area (Å²) in [4.78, 5) is 9.72. The molecule has 1 aliphatic carbocycles. The zero-order valence-electron chi connectivity index (χ0n) is 22.3. The number of fused-ring (bicyclic) bond motifs is 3. The summed E-state index contributed by atoms with van der Waals surface area (Å²) in [6, 6.07) is 26.4. The fourth-order valence-electron chi connectivity index (χ4n) is 5.84. The molecule has 0 N–H and O–H groups in total. The van der Waals surface area contributed by atoms with Gasteiger partial charge in [-0.25, -0.2) is 4.98 Å². The first kappa shape index (κ1) is 24.4. The van der Waals surface area contributed by atoms with E-state index in [0.717, 1.165) is 22.8 Å². The van der Waals surface area contributed by atoms with E-state index in [2.05, 4.69) is 75.4 Å². The van der Waals surface area contributed by atoms with E-state index in [-0.39, 0.29) is 5.41 Å². The first-order valence-corrected chi connectivity index (χ1v) is 13.7. The Labute approximate surface area is 216 Å². The number of unbranched alkanes of at least 4 members (excludes halogenated alkanes) is 5. The van der Waals surface area contributed by atoms with Crippen LogP contribution in [-0.4, -0.2) is 9.97 Å². The van der Waals surface area contributed by atoms with Gasteiger partial charge in [-0.15, -0.1) is 0 Å². The van der Waals surface area contributed by atoms with Crippen molar-refractivity contribution in [1.29, 1.82) is 0 Å². The molecule has 2 heterocycles. The van der Waals surface area contributed by atoms with E-state index in [0.29, 0.717) is 0 Å². The normalized spacial score (nSPS) is 16.1. The number of aromatic nitrogens is 2. The second kappa shape index (κ2) is 10.4. The van der Waals surface area contributed by atoms with Gasteiger partial charge >= 0.3 is 0 Å². The molecule has 1 aliphatic rings. The van der Waals surface area contributed by atoms with E-state index in [9.17, 15) is 0 Å². The predicted molar refractivity (Wildman–Crippen MR) is 152 cm³/mol. The van der Waals surface area contributed by atoms with Gasteiger partial charge < -0.3 is 0 Å². The van der Waals surface area contributed by atoms with Crippen LogP contribution >= 0.6 is 0 Å². The summed E-state index contributed by atoms with van der Waals surface area (Å²) >= 11 is 0. The van der Waals surface area contributed by atoms with E-state index < -0.39 is 0 Å². The van der Waals surface area contributed by atoms with E-state index in [1.165, 1.54) is 78.3 Å². The third kappa shape index (κ3) is 4.74. The molecule has 1 unspecified atom stereocenters. The van der Waals surface area contributed by atoms with Crippen LogP contribution in [0.5, 0.6) is 0 Å². The van der Waals surface area contributed by atoms with E-state index in [4.69, 9.17) is 9.97 Å². The van der Waals surface area contributed by atoms with E-state index in [1.807, 2.05) is 25.1 Å². The highest BCUT2D eigenvalue weighted by atomic mass is 14.8. The Morgan fingerprint density at radius 3 is 2.06 bits per heavy atom. The molecule has 0 saturated heterocycles. The molecule has 0 spiro atoms. The maximum atomic E-state index is 5.03. The summed E-state index contributed by atoms with van der Waals surface area (Å²) < 4.78 is 0. The van der Waals surface area contributed by atoms with Gasteiger partial charge in [0.2, 0.25) is 0 Å². The van der Waals surface area contributed by atoms with Crippen molar-refractivity contribution < 1.29 is 0 Å². The van der Waals surface area contributed by atoms with Crippen molar-refractivity contribution in [2.45, 2.75) is 78.1 Å². The molecule has 2 heteroatoms. The third-order valence-electron chi connectivity index (χ3n) is 7.90. The summed E-state index contributed by atoms with van der Waals surface area (Å²) in [6.07, 6.45) is 9.14. The quantitative estimate of drug-likeness (QED) is 0.226. The minimum Gasteiger partial charge on any atom is -0.251 e. The van der Waals surface area contributed by atoms with Crippen molar-refractivity contribution in [3.05, 3.63) is 95.2 Å². The highest BCUT2D eigenvalue weighted by Gasteiger charge is 2.39. The number of hydrogen-bond donors (Lipinski definition) is 0. The molecule has 0 radical (unpaired) electrons. The number of nitrogens with zero attached hydrogens (tertiary/aromatic N) is 2. The van der Waals surface area contributed by atoms with Gasteiger partial charge in [0.25, 0.3) is 0 Å². The zero-order chi connectivity index (χ0) is 25.1. The van der Waals surface area contributed by atoms with Gasteiger partial charge in [-0.1, -0.05) is 100 Å². The summed E-state index contributed by atoms with van der Waals surface area (Å²) in [6.45, 7) is 9.00. The standard InChI is InChI=1S/C34H38N2/c1-5-6-7-8-9-10-21-34(4)29-22-24(2)17-19-27(29)28-20-18-26(23-30(28)34)31-14-12-16-33(36-31)32-15-11-13-25(3)35-32/h11-20,22-23H,5-10,21H2,1-4H3. The average Bonchev–Trinajstić information content (AvgIpc) is 3.13. The molecule has 0 aliphatic heterocycles. The monoisotopic (exact) mass is 474 g/mol. The van der Waals surface area contributed by atoms with Crippen LogP contribution in [0.1, 0.15) is 81.2 Å². The smallest absolute Gasteiger partial charge is 0.0893 e. The second-order valence-corrected chi connectivity index (χ2v) is 10.7. The fraction of sp³-hybridized carbons (Fsp3) is 0.353. The van der Waals surface area contributed by atoms with E-state index in [1.54, 1.807) is 0 Å². The first-order valence-electron chi connectivity index (χ1n) is 13.7. The molecule has 5 rings (SSSR count). The average molecular weight is 475 g/mol. The Kier molecular flexibility index (Phi) is 7.05. The lowest BCUT2D eigenvalue weighted by molar-refractivity contribution is 0.480. The van der Waals surface area contributed by atoms with Crippen molar-refractivity contribution >= 4 is 0 Å². The summed E-state index contributed by atoms with van der Waals surface area (Å²) in [7, 11) is 0. The van der Waals surface area contributed by atoms with E-state index >= 15 is 0 Å². The van der Waals surface area contributed by atoms with Gasteiger partial charge in [0.1, 0.15) is 0 Å². The lowest BCUT2D eigenvalue weighted by Gasteiger charge is -2.28. The number of benzene rings is 2. The van der Waals surface area contributed by atoms with Gasteiger partial charge in [-0.2, -0.15) is 0 Å². The van der Waals surface area contributed by atoms with Crippen molar-refractivity contribution in [3.63, 3.8) is 0 Å². The number of pyridine rings is 2. The molecule has 4 aromatic rings. The van der Waals surface area contributed by atoms with Gasteiger partial charge in [0.05, 0.1) is 17.1 Å². The molecule has 2 nitrogen and oxygen atoms in total. The van der Waals surface area contributed by atoms with Gasteiger partial charge in [0.15, 0.2) is 0 Å². The minimum atomic E-state index is 0.0349. The number of rotatable bonds is 9. The molecule has 0 amide bonds. The molecule has 2 aromatic carbocycles. The Balaban J connectivity index is 1.50. The van der Waals surface area contributed by atoms with Crippen LogP contribution in [0.15, 0.2) is 72.8 Å². The molecule has 184 valence electrons.